The van der Waals surface area contributed by atoms with Gasteiger partial charge in [0.15, 0.2) is 0 Å². The minimum absolute atomic E-state index is 0.00969. The summed E-state index contributed by atoms with van der Waals surface area (Å²) in [7, 11) is 0. The summed E-state index contributed by atoms with van der Waals surface area (Å²) in [4.78, 5) is 29.7. The van der Waals surface area contributed by atoms with Crippen molar-refractivity contribution in [2.24, 2.45) is 0 Å². The Hall–Kier alpha value is -2.86. The maximum absolute atomic E-state index is 13.2. The summed E-state index contributed by atoms with van der Waals surface area (Å²) >= 11 is 0. The molecule has 0 bridgehead atoms. The average Bonchev–Trinajstić information content (AvgIpc) is 3.74. The Balaban J connectivity index is 1.25. The van der Waals surface area contributed by atoms with Gasteiger partial charge in [-0.05, 0) is 67.6 Å². The van der Waals surface area contributed by atoms with Crippen LogP contribution in [0.4, 0.5) is 5.69 Å². The number of nitrogens with one attached hydrogen (secondary N) is 1. The molecule has 0 spiro atoms. The Kier molecular flexibility index (Phi) is 5.64. The fourth-order valence-electron chi connectivity index (χ4n) is 4.01. The maximum Gasteiger partial charge on any atom is 0.254 e. The number of nitrogens with zero attached hydrogens (tertiary/aromatic N) is 2. The molecule has 1 heterocycles. The van der Waals surface area contributed by atoms with Crippen LogP contribution in [-0.2, 0) is 11.3 Å². The van der Waals surface area contributed by atoms with Crippen LogP contribution in [0.2, 0.25) is 0 Å². The maximum atomic E-state index is 13.2. The van der Waals surface area contributed by atoms with Gasteiger partial charge in [-0.2, -0.15) is 0 Å². The SMILES string of the molecule is O=C(NC1CC1)c1ccc(CN(C(=O)c2ccc(N3CCOCC3)cc2)C2CC2)cc1. The van der Waals surface area contributed by atoms with Crippen LogP contribution >= 0.6 is 0 Å². The molecule has 0 atom stereocenters. The molecule has 1 saturated heterocycles. The molecule has 5 rings (SSSR count). The highest BCUT2D eigenvalue weighted by atomic mass is 16.5. The number of hydrogen-bond donors (Lipinski definition) is 1. The van der Waals surface area contributed by atoms with E-state index in [1.807, 2.05) is 53.4 Å². The van der Waals surface area contributed by atoms with Gasteiger partial charge in [-0.1, -0.05) is 12.1 Å². The fourth-order valence-corrected chi connectivity index (χ4v) is 4.01. The summed E-state index contributed by atoms with van der Waals surface area (Å²) in [6.45, 7) is 3.83. The van der Waals surface area contributed by atoms with Crippen LogP contribution in [0.1, 0.15) is 52.0 Å². The first-order valence-electron chi connectivity index (χ1n) is 11.3. The van der Waals surface area contributed by atoms with Gasteiger partial charge in [0, 0.05) is 48.5 Å². The Bertz CT molecular complexity index is 927. The van der Waals surface area contributed by atoms with Crippen LogP contribution in [0.25, 0.3) is 0 Å². The van der Waals surface area contributed by atoms with Crippen molar-refractivity contribution in [1.29, 1.82) is 0 Å². The van der Waals surface area contributed by atoms with E-state index in [4.69, 9.17) is 4.74 Å². The fraction of sp³-hybridized carbons (Fsp3) is 0.440. The largest absolute Gasteiger partial charge is 0.378 e. The van der Waals surface area contributed by atoms with Gasteiger partial charge >= 0.3 is 0 Å². The predicted molar refractivity (Wildman–Crippen MR) is 119 cm³/mol. The van der Waals surface area contributed by atoms with Crippen molar-refractivity contribution in [1.82, 2.24) is 10.2 Å². The molecule has 2 saturated carbocycles. The molecule has 2 aromatic carbocycles. The highest BCUT2D eigenvalue weighted by Crippen LogP contribution is 2.30. The second-order valence-electron chi connectivity index (χ2n) is 8.76. The third-order valence-electron chi connectivity index (χ3n) is 6.22. The normalized spacial score (nSPS) is 18.5. The van der Waals surface area contributed by atoms with Gasteiger partial charge in [-0.25, -0.2) is 0 Å². The highest BCUT2D eigenvalue weighted by molar-refractivity contribution is 5.95. The van der Waals surface area contributed by atoms with Gasteiger partial charge in [-0.3, -0.25) is 9.59 Å². The van der Waals surface area contributed by atoms with Crippen molar-refractivity contribution < 1.29 is 14.3 Å². The van der Waals surface area contributed by atoms with Crippen molar-refractivity contribution >= 4 is 17.5 Å². The zero-order valence-electron chi connectivity index (χ0n) is 17.8. The van der Waals surface area contributed by atoms with E-state index in [2.05, 4.69) is 10.2 Å². The Morgan fingerprint density at radius 1 is 0.903 bits per heavy atom. The Morgan fingerprint density at radius 2 is 1.55 bits per heavy atom. The Morgan fingerprint density at radius 3 is 2.16 bits per heavy atom. The van der Waals surface area contributed by atoms with E-state index in [9.17, 15) is 9.59 Å². The molecule has 1 N–H and O–H groups in total. The van der Waals surface area contributed by atoms with E-state index in [1.165, 1.54) is 0 Å². The Labute approximate surface area is 183 Å². The average molecular weight is 420 g/mol. The molecule has 6 nitrogen and oxygen atoms in total. The zero-order chi connectivity index (χ0) is 21.2. The van der Waals surface area contributed by atoms with E-state index >= 15 is 0 Å². The molecule has 2 aliphatic carbocycles. The molecular formula is C25H29N3O3. The monoisotopic (exact) mass is 419 g/mol. The van der Waals surface area contributed by atoms with E-state index in [0.29, 0.717) is 24.2 Å². The number of anilines is 1. The van der Waals surface area contributed by atoms with Crippen LogP contribution in [-0.4, -0.2) is 55.1 Å². The second-order valence-corrected chi connectivity index (χ2v) is 8.76. The predicted octanol–water partition coefficient (Wildman–Crippen LogP) is 3.22. The van der Waals surface area contributed by atoms with Crippen LogP contribution in [0, 0.1) is 0 Å². The lowest BCUT2D eigenvalue weighted by atomic mass is 10.1. The molecule has 31 heavy (non-hydrogen) atoms. The molecule has 3 fully saturated rings. The number of carbonyl (C=O) groups excluding carboxylic acids is 2. The molecule has 6 heteroatoms. The first-order chi connectivity index (χ1) is 15.2. The van der Waals surface area contributed by atoms with Gasteiger partial charge in [0.05, 0.1) is 13.2 Å². The van der Waals surface area contributed by atoms with Gasteiger partial charge in [0.1, 0.15) is 0 Å². The number of benzene rings is 2. The topological polar surface area (TPSA) is 61.9 Å². The number of morpholine rings is 1. The standard InChI is InChI=1S/C25H29N3O3/c29-24(26-21-7-8-21)19-3-1-18(2-4-19)17-28(23-11-12-23)25(30)20-5-9-22(10-6-20)27-13-15-31-16-14-27/h1-6,9-10,21,23H,7-8,11-17H2,(H,26,29). The minimum Gasteiger partial charge on any atom is -0.378 e. The van der Waals surface area contributed by atoms with Crippen LogP contribution in [0.15, 0.2) is 48.5 Å². The van der Waals surface area contributed by atoms with Crippen molar-refractivity contribution in [3.05, 3.63) is 65.2 Å². The smallest absolute Gasteiger partial charge is 0.254 e. The van der Waals surface area contributed by atoms with E-state index in [0.717, 1.165) is 68.8 Å². The van der Waals surface area contributed by atoms with Crippen LogP contribution in [0.3, 0.4) is 0 Å². The number of amides is 2. The van der Waals surface area contributed by atoms with Gasteiger partial charge in [0.25, 0.3) is 11.8 Å². The van der Waals surface area contributed by atoms with Crippen LogP contribution in [0.5, 0.6) is 0 Å². The van der Waals surface area contributed by atoms with Gasteiger partial charge in [-0.15, -0.1) is 0 Å². The summed E-state index contributed by atoms with van der Waals surface area (Å²) in [5.41, 5.74) is 3.59. The molecule has 2 amide bonds. The molecule has 0 radical (unpaired) electrons. The number of ether oxygens (including phenoxy) is 1. The number of rotatable bonds is 7. The zero-order valence-corrected chi connectivity index (χ0v) is 17.8. The molecule has 0 unspecified atom stereocenters. The lowest BCUT2D eigenvalue weighted by Gasteiger charge is -2.29. The molecule has 3 aliphatic rings. The van der Waals surface area contributed by atoms with E-state index < -0.39 is 0 Å². The molecule has 1 aliphatic heterocycles. The summed E-state index contributed by atoms with van der Waals surface area (Å²) < 4.78 is 5.42. The van der Waals surface area contributed by atoms with Crippen molar-refractivity contribution in [2.75, 3.05) is 31.2 Å². The third kappa shape index (κ3) is 4.90. The van der Waals surface area contributed by atoms with Crippen molar-refractivity contribution in [2.45, 2.75) is 44.3 Å². The summed E-state index contributed by atoms with van der Waals surface area (Å²) in [5, 5.41) is 3.01. The third-order valence-corrected chi connectivity index (χ3v) is 6.22. The first kappa shape index (κ1) is 20.1. The quantitative estimate of drug-likeness (QED) is 0.749. The number of hydrogen-bond acceptors (Lipinski definition) is 4. The lowest BCUT2D eigenvalue weighted by molar-refractivity contribution is 0.0729. The second kappa shape index (κ2) is 8.71. The van der Waals surface area contributed by atoms with Crippen LogP contribution < -0.4 is 10.2 Å². The molecule has 0 aromatic heterocycles. The number of carbonyl (C=O) groups is 2. The van der Waals surface area contributed by atoms with E-state index in [-0.39, 0.29) is 11.8 Å². The van der Waals surface area contributed by atoms with Gasteiger partial charge < -0.3 is 19.9 Å². The highest BCUT2D eigenvalue weighted by Gasteiger charge is 2.33. The lowest BCUT2D eigenvalue weighted by Crippen LogP contribution is -2.36. The van der Waals surface area contributed by atoms with Gasteiger partial charge in [0.2, 0.25) is 0 Å². The summed E-state index contributed by atoms with van der Waals surface area (Å²) in [6, 6.07) is 16.3. The molecule has 2 aromatic rings. The van der Waals surface area contributed by atoms with E-state index in [1.54, 1.807) is 0 Å². The molecule has 162 valence electrons. The first-order valence-corrected chi connectivity index (χ1v) is 11.3. The van der Waals surface area contributed by atoms with Crippen molar-refractivity contribution in [3.8, 4) is 0 Å². The van der Waals surface area contributed by atoms with Crippen molar-refractivity contribution in [3.63, 3.8) is 0 Å². The summed E-state index contributed by atoms with van der Waals surface area (Å²) in [6.07, 6.45) is 4.27. The molecular weight excluding hydrogens is 390 g/mol. The summed E-state index contributed by atoms with van der Waals surface area (Å²) in [5.74, 6) is 0.0658. The minimum atomic E-state index is -0.00969.